The second-order valence-electron chi connectivity index (χ2n) is 12.6. The molecule has 1 aromatic heterocycles. The number of amides is 1. The molecule has 1 amide bonds. The summed E-state index contributed by atoms with van der Waals surface area (Å²) in [5.74, 6) is -3.88. The van der Waals surface area contributed by atoms with Crippen LogP contribution in [0.5, 0.6) is 0 Å². The Labute approximate surface area is 300 Å². The van der Waals surface area contributed by atoms with Gasteiger partial charge in [0.15, 0.2) is 5.78 Å². The minimum Gasteiger partial charge on any atom is -0.475 e. The second-order valence-corrected chi connectivity index (χ2v) is 14.4. The van der Waals surface area contributed by atoms with Crippen molar-refractivity contribution in [2.75, 3.05) is 40.0 Å². The highest BCUT2D eigenvalue weighted by Gasteiger charge is 2.31. The van der Waals surface area contributed by atoms with Crippen molar-refractivity contribution in [2.24, 2.45) is 0 Å². The van der Waals surface area contributed by atoms with Gasteiger partial charge in [0.2, 0.25) is 15.8 Å². The number of carboxylic acid groups (broad SMARTS) is 1. The van der Waals surface area contributed by atoms with Crippen LogP contribution < -0.4 is 10.0 Å². The van der Waals surface area contributed by atoms with E-state index in [9.17, 15) is 32.0 Å². The number of aliphatic carboxylic acids is 1. The van der Waals surface area contributed by atoms with E-state index in [1.807, 2.05) is 12.1 Å². The predicted octanol–water partition coefficient (Wildman–Crippen LogP) is 5.18. The van der Waals surface area contributed by atoms with Crippen LogP contribution in [-0.2, 0) is 41.3 Å². The molecule has 0 spiro atoms. The maximum atomic E-state index is 13.6. The summed E-state index contributed by atoms with van der Waals surface area (Å²) in [7, 11) is -2.23. The van der Waals surface area contributed by atoms with Gasteiger partial charge in [-0.15, -0.1) is 0 Å². The zero-order chi connectivity index (χ0) is 37.3. The van der Waals surface area contributed by atoms with E-state index in [4.69, 9.17) is 19.0 Å². The topological polar surface area (TPSA) is 178 Å². The lowest BCUT2D eigenvalue weighted by atomic mass is 9.98. The Balaban J connectivity index is 1.05. The first-order chi connectivity index (χ1) is 25.0. The molecule has 12 nitrogen and oxygen atoms in total. The molecule has 0 aliphatic heterocycles. The van der Waals surface area contributed by atoms with E-state index < -0.39 is 39.8 Å². The number of unbranched alkanes of at least 4 members (excludes halogenated alkanes) is 1. The fourth-order valence-electron chi connectivity index (χ4n) is 5.86. The molecule has 3 N–H and O–H groups in total. The Bertz CT molecular complexity index is 2040. The Morgan fingerprint density at radius 2 is 1.67 bits per heavy atom. The molecule has 1 fully saturated rings. The summed E-state index contributed by atoms with van der Waals surface area (Å²) in [5, 5.41) is 11.9. The number of carbonyl (C=O) groups excluding carboxylic acids is 3. The van der Waals surface area contributed by atoms with Crippen LogP contribution in [0.25, 0.3) is 22.3 Å². The number of Topliss-reactive ketones (excluding diaryl/α,β-unsaturated/α-hetero) is 2. The first-order valence-corrected chi connectivity index (χ1v) is 18.7. The smallest absolute Gasteiger partial charge is 0.372 e. The van der Waals surface area contributed by atoms with E-state index >= 15 is 0 Å². The largest absolute Gasteiger partial charge is 0.475 e. The van der Waals surface area contributed by atoms with Gasteiger partial charge in [-0.25, -0.2) is 22.3 Å². The van der Waals surface area contributed by atoms with Crippen molar-refractivity contribution >= 4 is 44.4 Å². The average molecular weight is 737 g/mol. The molecule has 1 saturated carbocycles. The van der Waals surface area contributed by atoms with Crippen LogP contribution in [0.4, 0.5) is 4.39 Å². The number of fused-ring (bicyclic) bond motifs is 1. The van der Waals surface area contributed by atoms with Gasteiger partial charge in [-0.05, 0) is 97.2 Å². The standard InChI is InChI=1S/C38H41FN2O10S/c1-40-37(44)35-31-21-30(25-8-9-25)28(20-34(31)51-36(35)26-10-12-29(39)13-11-26)23-52(47,48)41-14-16-50-18-17-49-15-3-2-5-24-6-4-7-27(19-24)32(42)22-33(43)38(45)46/h4,6-7,10-13,19-21,25,41H,2-3,5,8-9,14-18,22-23H2,1H3,(H,40,44)(H,45,46). The molecule has 3 aromatic carbocycles. The fourth-order valence-corrected chi connectivity index (χ4v) is 7.02. The van der Waals surface area contributed by atoms with Crippen LogP contribution in [0.15, 0.2) is 65.1 Å². The van der Waals surface area contributed by atoms with Crippen molar-refractivity contribution in [3.05, 3.63) is 94.3 Å². The SMILES string of the molecule is CNC(=O)c1c(-c2ccc(F)cc2)oc2cc(CS(=O)(=O)NCCOCCOCCCCc3cccc(C(=O)CC(=O)C(=O)O)c3)c(C3CC3)cc12. The summed E-state index contributed by atoms with van der Waals surface area (Å²) < 4.78 is 59.6. The van der Waals surface area contributed by atoms with Gasteiger partial charge in [0.1, 0.15) is 17.2 Å². The number of sulfonamides is 1. The Morgan fingerprint density at radius 3 is 2.37 bits per heavy atom. The number of ether oxygens (including phenoxy) is 2. The number of furan rings is 1. The van der Waals surface area contributed by atoms with Gasteiger partial charge in [0, 0.05) is 36.7 Å². The highest BCUT2D eigenvalue weighted by molar-refractivity contribution is 7.88. The number of carboxylic acids is 1. The van der Waals surface area contributed by atoms with Gasteiger partial charge in [-0.3, -0.25) is 14.4 Å². The van der Waals surface area contributed by atoms with E-state index in [0.717, 1.165) is 36.8 Å². The fraction of sp³-hybridized carbons (Fsp3) is 0.368. The molecule has 0 unspecified atom stereocenters. The van der Waals surface area contributed by atoms with Crippen LogP contribution in [0.3, 0.4) is 0 Å². The quantitative estimate of drug-likeness (QED) is 0.0447. The van der Waals surface area contributed by atoms with Crippen LogP contribution in [0.1, 0.15) is 75.4 Å². The van der Waals surface area contributed by atoms with Crippen LogP contribution in [-0.4, -0.2) is 77.0 Å². The molecule has 0 radical (unpaired) electrons. The number of hydrogen-bond donors (Lipinski definition) is 3. The number of ketones is 2. The zero-order valence-electron chi connectivity index (χ0n) is 28.7. The number of aryl methyl sites for hydroxylation is 1. The van der Waals surface area contributed by atoms with E-state index in [1.165, 1.54) is 31.3 Å². The minimum absolute atomic E-state index is 0.0751. The van der Waals surface area contributed by atoms with Gasteiger partial charge in [-0.1, -0.05) is 18.2 Å². The summed E-state index contributed by atoms with van der Waals surface area (Å²) in [6, 6.07) is 15.9. The van der Waals surface area contributed by atoms with Crippen molar-refractivity contribution in [2.45, 2.75) is 50.2 Å². The monoisotopic (exact) mass is 736 g/mol. The van der Waals surface area contributed by atoms with Gasteiger partial charge in [-0.2, -0.15) is 0 Å². The van der Waals surface area contributed by atoms with Crippen molar-refractivity contribution in [1.82, 2.24) is 10.0 Å². The Morgan fingerprint density at radius 1 is 0.942 bits per heavy atom. The molecule has 0 saturated heterocycles. The summed E-state index contributed by atoms with van der Waals surface area (Å²) in [6.45, 7) is 1.33. The summed E-state index contributed by atoms with van der Waals surface area (Å²) in [6.07, 6.45) is 3.38. The van der Waals surface area contributed by atoms with Crippen LogP contribution in [0.2, 0.25) is 0 Å². The van der Waals surface area contributed by atoms with Crippen molar-refractivity contribution in [3.8, 4) is 11.3 Å². The first kappa shape index (κ1) is 38.5. The lowest BCUT2D eigenvalue weighted by Crippen LogP contribution is -2.29. The van der Waals surface area contributed by atoms with Gasteiger partial charge in [0.05, 0.1) is 37.6 Å². The molecule has 14 heteroatoms. The zero-order valence-corrected chi connectivity index (χ0v) is 29.6. The number of nitrogens with one attached hydrogen (secondary N) is 2. The normalized spacial score (nSPS) is 13.0. The summed E-state index contributed by atoms with van der Waals surface area (Å²) in [4.78, 5) is 47.1. The molecule has 1 aliphatic rings. The third-order valence-corrected chi connectivity index (χ3v) is 9.96. The predicted molar refractivity (Wildman–Crippen MR) is 190 cm³/mol. The number of halogens is 1. The molecule has 52 heavy (non-hydrogen) atoms. The van der Waals surface area contributed by atoms with Crippen LogP contribution in [0, 0.1) is 5.82 Å². The highest BCUT2D eigenvalue weighted by atomic mass is 32.2. The van der Waals surface area contributed by atoms with Gasteiger partial charge in [0.25, 0.3) is 5.91 Å². The first-order valence-electron chi connectivity index (χ1n) is 17.0. The lowest BCUT2D eigenvalue weighted by molar-refractivity contribution is -0.148. The maximum Gasteiger partial charge on any atom is 0.372 e. The molecule has 1 aliphatic carbocycles. The second kappa shape index (κ2) is 17.6. The lowest BCUT2D eigenvalue weighted by Gasteiger charge is -2.12. The number of carbonyl (C=O) groups is 4. The number of rotatable bonds is 21. The van der Waals surface area contributed by atoms with Crippen molar-refractivity contribution in [1.29, 1.82) is 0 Å². The van der Waals surface area contributed by atoms with E-state index in [-0.39, 0.29) is 43.1 Å². The van der Waals surface area contributed by atoms with E-state index in [0.29, 0.717) is 52.9 Å². The molecular formula is C38H41FN2O10S. The molecule has 1 heterocycles. The Kier molecular flexibility index (Phi) is 13.1. The maximum absolute atomic E-state index is 13.6. The molecule has 5 rings (SSSR count). The minimum atomic E-state index is -3.74. The van der Waals surface area contributed by atoms with Crippen LogP contribution >= 0.6 is 0 Å². The molecule has 0 bridgehead atoms. The summed E-state index contributed by atoms with van der Waals surface area (Å²) in [5.41, 5.74) is 3.85. The van der Waals surface area contributed by atoms with Crippen molar-refractivity contribution in [3.63, 3.8) is 0 Å². The number of hydrogen-bond acceptors (Lipinski definition) is 9. The Hall–Kier alpha value is -4.76. The van der Waals surface area contributed by atoms with Gasteiger partial charge >= 0.3 is 5.97 Å². The summed E-state index contributed by atoms with van der Waals surface area (Å²) >= 11 is 0. The molecular weight excluding hydrogens is 695 g/mol. The third kappa shape index (κ3) is 10.4. The van der Waals surface area contributed by atoms with Gasteiger partial charge < -0.3 is 24.3 Å². The molecule has 276 valence electrons. The average Bonchev–Trinajstić information content (AvgIpc) is 3.90. The van der Waals surface area contributed by atoms with E-state index in [2.05, 4.69) is 10.0 Å². The number of benzene rings is 3. The van der Waals surface area contributed by atoms with E-state index in [1.54, 1.807) is 24.3 Å². The molecule has 4 aromatic rings. The van der Waals surface area contributed by atoms with Crippen molar-refractivity contribution < 1.29 is 51.0 Å². The third-order valence-electron chi connectivity index (χ3n) is 8.63. The highest BCUT2D eigenvalue weighted by Crippen LogP contribution is 2.45. The molecule has 0 atom stereocenters.